The minimum Gasteiger partial charge on any atom is -0.491 e. The molecule has 1 atom stereocenters. The number of aromatic amines is 1. The standard InChI is InChI=1S/C19H26N4O2/c1-13(2)25-17-7-6-16(11-14(17)3)22-19(24)23-10-4-5-15(12-23)18-20-8-9-21-18/h6-9,11,13,15H,4-5,10,12H2,1-3H3,(H,20,21)(H,22,24)/t15-/m0/s1. The van der Waals surface area contributed by atoms with Crippen LogP contribution >= 0.6 is 0 Å². The Labute approximate surface area is 148 Å². The van der Waals surface area contributed by atoms with Gasteiger partial charge in [0, 0.05) is 37.1 Å². The molecule has 2 amide bonds. The van der Waals surface area contributed by atoms with Gasteiger partial charge in [0.15, 0.2) is 0 Å². The molecule has 1 aliphatic rings. The number of rotatable bonds is 4. The number of carbonyl (C=O) groups is 1. The van der Waals surface area contributed by atoms with Crippen molar-refractivity contribution in [1.82, 2.24) is 14.9 Å². The molecule has 2 N–H and O–H groups in total. The first kappa shape index (κ1) is 17.3. The van der Waals surface area contributed by atoms with Gasteiger partial charge in [0.1, 0.15) is 11.6 Å². The summed E-state index contributed by atoms with van der Waals surface area (Å²) in [6.07, 6.45) is 5.76. The van der Waals surface area contributed by atoms with Crippen molar-refractivity contribution in [1.29, 1.82) is 0 Å². The van der Waals surface area contributed by atoms with Crippen LogP contribution in [0.4, 0.5) is 10.5 Å². The van der Waals surface area contributed by atoms with Crippen molar-refractivity contribution in [3.8, 4) is 5.75 Å². The number of benzene rings is 1. The Morgan fingerprint density at radius 3 is 2.96 bits per heavy atom. The molecule has 6 heteroatoms. The summed E-state index contributed by atoms with van der Waals surface area (Å²) in [6.45, 7) is 7.45. The van der Waals surface area contributed by atoms with Crippen molar-refractivity contribution < 1.29 is 9.53 Å². The minimum absolute atomic E-state index is 0.0619. The largest absolute Gasteiger partial charge is 0.491 e. The van der Waals surface area contributed by atoms with Gasteiger partial charge in [-0.25, -0.2) is 9.78 Å². The molecule has 0 aliphatic carbocycles. The van der Waals surface area contributed by atoms with E-state index in [1.165, 1.54) is 0 Å². The molecule has 0 radical (unpaired) electrons. The number of ether oxygens (including phenoxy) is 1. The van der Waals surface area contributed by atoms with E-state index in [1.54, 1.807) is 6.20 Å². The molecule has 1 aromatic carbocycles. The number of aromatic nitrogens is 2. The van der Waals surface area contributed by atoms with E-state index in [-0.39, 0.29) is 18.1 Å². The summed E-state index contributed by atoms with van der Waals surface area (Å²) in [5.74, 6) is 2.09. The number of likely N-dealkylation sites (tertiary alicyclic amines) is 1. The molecular weight excluding hydrogens is 316 g/mol. The topological polar surface area (TPSA) is 70.2 Å². The highest BCUT2D eigenvalue weighted by atomic mass is 16.5. The van der Waals surface area contributed by atoms with Crippen molar-refractivity contribution in [2.24, 2.45) is 0 Å². The lowest BCUT2D eigenvalue weighted by Crippen LogP contribution is -2.41. The molecule has 2 heterocycles. The van der Waals surface area contributed by atoms with Crippen LogP contribution < -0.4 is 10.1 Å². The molecule has 1 aliphatic heterocycles. The summed E-state index contributed by atoms with van der Waals surface area (Å²) < 4.78 is 5.74. The van der Waals surface area contributed by atoms with E-state index in [1.807, 2.05) is 50.1 Å². The number of hydrogen-bond acceptors (Lipinski definition) is 3. The third kappa shape index (κ3) is 4.32. The van der Waals surface area contributed by atoms with Gasteiger partial charge < -0.3 is 19.9 Å². The summed E-state index contributed by atoms with van der Waals surface area (Å²) >= 11 is 0. The summed E-state index contributed by atoms with van der Waals surface area (Å²) in [7, 11) is 0. The number of anilines is 1. The van der Waals surface area contributed by atoms with Gasteiger partial charge >= 0.3 is 6.03 Å². The predicted octanol–water partition coefficient (Wildman–Crippen LogP) is 3.92. The number of hydrogen-bond donors (Lipinski definition) is 2. The molecule has 1 aromatic heterocycles. The monoisotopic (exact) mass is 342 g/mol. The summed E-state index contributed by atoms with van der Waals surface area (Å²) in [6, 6.07) is 5.68. The maximum Gasteiger partial charge on any atom is 0.321 e. The van der Waals surface area contributed by atoms with Gasteiger partial charge in [-0.15, -0.1) is 0 Å². The number of amides is 2. The molecule has 6 nitrogen and oxygen atoms in total. The Balaban J connectivity index is 1.62. The lowest BCUT2D eigenvalue weighted by atomic mass is 9.98. The lowest BCUT2D eigenvalue weighted by Gasteiger charge is -2.32. The Bertz CT molecular complexity index is 712. The molecule has 3 rings (SSSR count). The van der Waals surface area contributed by atoms with E-state index in [2.05, 4.69) is 15.3 Å². The van der Waals surface area contributed by atoms with Gasteiger partial charge in [-0.05, 0) is 57.4 Å². The molecular formula is C19H26N4O2. The number of carbonyl (C=O) groups excluding carboxylic acids is 1. The SMILES string of the molecule is Cc1cc(NC(=O)N2CCC[C@H](c3ncc[nH]3)C2)ccc1OC(C)C. The van der Waals surface area contributed by atoms with E-state index in [9.17, 15) is 4.79 Å². The van der Waals surface area contributed by atoms with Crippen molar-refractivity contribution in [3.05, 3.63) is 42.0 Å². The first-order valence-electron chi connectivity index (χ1n) is 8.85. The molecule has 0 bridgehead atoms. The van der Waals surface area contributed by atoms with Gasteiger partial charge in [0.05, 0.1) is 6.10 Å². The van der Waals surface area contributed by atoms with Gasteiger partial charge in [-0.1, -0.05) is 0 Å². The Hall–Kier alpha value is -2.50. The Kier molecular flexibility index (Phi) is 5.26. The highest BCUT2D eigenvalue weighted by Gasteiger charge is 2.26. The van der Waals surface area contributed by atoms with Gasteiger partial charge in [0.2, 0.25) is 0 Å². The van der Waals surface area contributed by atoms with Crippen LogP contribution in [0.25, 0.3) is 0 Å². The highest BCUT2D eigenvalue weighted by molar-refractivity contribution is 5.89. The molecule has 0 unspecified atom stereocenters. The number of urea groups is 1. The summed E-state index contributed by atoms with van der Waals surface area (Å²) in [5.41, 5.74) is 1.80. The van der Waals surface area contributed by atoms with Crippen LogP contribution in [0.15, 0.2) is 30.6 Å². The first-order chi connectivity index (χ1) is 12.0. The second-order valence-electron chi connectivity index (χ2n) is 6.84. The maximum absolute atomic E-state index is 12.6. The molecule has 1 fully saturated rings. The van der Waals surface area contributed by atoms with Crippen LogP contribution in [0.3, 0.4) is 0 Å². The number of H-pyrrole nitrogens is 1. The third-order valence-corrected chi connectivity index (χ3v) is 4.40. The van der Waals surface area contributed by atoms with Crippen LogP contribution in [-0.4, -0.2) is 40.1 Å². The molecule has 25 heavy (non-hydrogen) atoms. The zero-order valence-electron chi connectivity index (χ0n) is 15.1. The minimum atomic E-state index is -0.0619. The summed E-state index contributed by atoms with van der Waals surface area (Å²) in [5, 5.41) is 3.00. The van der Waals surface area contributed by atoms with E-state index in [0.29, 0.717) is 6.54 Å². The fourth-order valence-corrected chi connectivity index (χ4v) is 3.20. The summed E-state index contributed by atoms with van der Waals surface area (Å²) in [4.78, 5) is 22.0. The zero-order chi connectivity index (χ0) is 17.8. The average Bonchev–Trinajstić information content (AvgIpc) is 3.12. The number of imidazole rings is 1. The lowest BCUT2D eigenvalue weighted by molar-refractivity contribution is 0.191. The fraction of sp³-hybridized carbons (Fsp3) is 0.474. The van der Waals surface area contributed by atoms with Gasteiger partial charge in [-0.2, -0.15) is 0 Å². The second kappa shape index (κ2) is 7.59. The molecule has 134 valence electrons. The Morgan fingerprint density at radius 1 is 1.44 bits per heavy atom. The quantitative estimate of drug-likeness (QED) is 0.885. The molecule has 0 spiro atoms. The third-order valence-electron chi connectivity index (χ3n) is 4.40. The highest BCUT2D eigenvalue weighted by Crippen LogP contribution is 2.26. The normalized spacial score (nSPS) is 17.6. The molecule has 2 aromatic rings. The smallest absolute Gasteiger partial charge is 0.321 e. The van der Waals surface area contributed by atoms with Gasteiger partial charge in [-0.3, -0.25) is 0 Å². The van der Waals surface area contributed by atoms with Crippen molar-refractivity contribution in [2.75, 3.05) is 18.4 Å². The van der Waals surface area contributed by atoms with E-state index in [0.717, 1.165) is 42.2 Å². The number of piperidine rings is 1. The predicted molar refractivity (Wildman–Crippen MR) is 98.1 cm³/mol. The van der Waals surface area contributed by atoms with Crippen molar-refractivity contribution in [3.63, 3.8) is 0 Å². The number of aryl methyl sites for hydroxylation is 1. The van der Waals surface area contributed by atoms with Crippen LogP contribution in [0.5, 0.6) is 5.75 Å². The van der Waals surface area contributed by atoms with Crippen LogP contribution in [0.2, 0.25) is 0 Å². The van der Waals surface area contributed by atoms with E-state index < -0.39 is 0 Å². The number of nitrogens with zero attached hydrogens (tertiary/aromatic N) is 2. The van der Waals surface area contributed by atoms with Crippen molar-refractivity contribution in [2.45, 2.75) is 45.6 Å². The van der Waals surface area contributed by atoms with Gasteiger partial charge in [0.25, 0.3) is 0 Å². The maximum atomic E-state index is 12.6. The van der Waals surface area contributed by atoms with Crippen molar-refractivity contribution >= 4 is 11.7 Å². The number of nitrogens with one attached hydrogen (secondary N) is 2. The van der Waals surface area contributed by atoms with Crippen LogP contribution in [-0.2, 0) is 0 Å². The first-order valence-corrected chi connectivity index (χ1v) is 8.85. The van der Waals surface area contributed by atoms with Crippen LogP contribution in [0.1, 0.15) is 44.0 Å². The zero-order valence-corrected chi connectivity index (χ0v) is 15.1. The second-order valence-corrected chi connectivity index (χ2v) is 6.84. The fourth-order valence-electron chi connectivity index (χ4n) is 3.20. The van der Waals surface area contributed by atoms with E-state index in [4.69, 9.17) is 4.74 Å². The Morgan fingerprint density at radius 2 is 2.28 bits per heavy atom. The van der Waals surface area contributed by atoms with Crippen LogP contribution in [0, 0.1) is 6.92 Å². The molecule has 0 saturated carbocycles. The average molecular weight is 342 g/mol. The molecule has 1 saturated heterocycles. The van der Waals surface area contributed by atoms with E-state index >= 15 is 0 Å².